The predicted octanol–water partition coefficient (Wildman–Crippen LogP) is 4.10. The Morgan fingerprint density at radius 2 is 1.86 bits per heavy atom. The average Bonchev–Trinajstić information content (AvgIpc) is 3.36. The van der Waals surface area contributed by atoms with Gasteiger partial charge in [-0.25, -0.2) is 0 Å². The van der Waals surface area contributed by atoms with Crippen molar-refractivity contribution in [1.82, 2.24) is 19.8 Å². The first-order valence-corrected chi connectivity index (χ1v) is 12.7. The fourth-order valence-electron chi connectivity index (χ4n) is 5.35. The van der Waals surface area contributed by atoms with E-state index >= 15 is 0 Å². The number of phenols is 1. The number of ether oxygens (including phenoxy) is 1. The summed E-state index contributed by atoms with van der Waals surface area (Å²) < 4.78 is 7.89. The number of rotatable bonds is 7. The van der Waals surface area contributed by atoms with Crippen molar-refractivity contribution in [2.75, 3.05) is 37.7 Å². The predicted molar refractivity (Wildman–Crippen MR) is 142 cm³/mol. The first-order chi connectivity index (χ1) is 17.0. The van der Waals surface area contributed by atoms with Crippen molar-refractivity contribution in [2.45, 2.75) is 38.9 Å². The Morgan fingerprint density at radius 3 is 2.60 bits per heavy atom. The monoisotopic (exact) mass is 491 g/mol. The number of hydrogen-bond acceptors (Lipinski definition) is 5. The van der Waals surface area contributed by atoms with Gasteiger partial charge >= 0.3 is 0 Å². The number of hydrogen-bond donors (Lipinski definition) is 2. The second kappa shape index (κ2) is 10.4. The normalized spacial score (nSPS) is 20.9. The molecule has 1 aromatic carbocycles. The summed E-state index contributed by atoms with van der Waals surface area (Å²) in [5.41, 5.74) is 5.28. The van der Waals surface area contributed by atoms with E-state index in [0.29, 0.717) is 10.8 Å². The molecule has 2 aliphatic rings. The maximum absolute atomic E-state index is 10.7. The molecule has 35 heavy (non-hydrogen) atoms. The van der Waals surface area contributed by atoms with Gasteiger partial charge in [0, 0.05) is 43.8 Å². The van der Waals surface area contributed by atoms with E-state index in [4.69, 9.17) is 17.0 Å². The molecule has 0 spiro atoms. The first kappa shape index (κ1) is 23.8. The zero-order valence-corrected chi connectivity index (χ0v) is 21.2. The van der Waals surface area contributed by atoms with Gasteiger partial charge in [0.2, 0.25) is 0 Å². The molecule has 184 valence electrons. The molecule has 0 bridgehead atoms. The minimum absolute atomic E-state index is 0.134. The molecule has 3 aromatic rings. The highest BCUT2D eigenvalue weighted by Crippen LogP contribution is 2.45. The molecule has 5 rings (SSSR count). The molecule has 7 nitrogen and oxygen atoms in total. The van der Waals surface area contributed by atoms with E-state index in [2.05, 4.69) is 39.7 Å². The minimum Gasteiger partial charge on any atom is -0.506 e. The lowest BCUT2D eigenvalue weighted by Gasteiger charge is -2.29. The van der Waals surface area contributed by atoms with Crippen LogP contribution in [0.4, 0.5) is 5.69 Å². The van der Waals surface area contributed by atoms with E-state index in [0.717, 1.165) is 51.5 Å². The van der Waals surface area contributed by atoms with E-state index < -0.39 is 0 Å². The summed E-state index contributed by atoms with van der Waals surface area (Å²) in [5, 5.41) is 14.8. The van der Waals surface area contributed by atoms with Crippen LogP contribution in [0.25, 0.3) is 0 Å². The quantitative estimate of drug-likeness (QED) is 0.482. The van der Waals surface area contributed by atoms with Crippen LogP contribution in [0.3, 0.4) is 0 Å². The van der Waals surface area contributed by atoms with Crippen LogP contribution in [0.2, 0.25) is 0 Å². The number of aromatic nitrogens is 2. The molecule has 0 aliphatic carbocycles. The number of aromatic hydroxyl groups is 1. The summed E-state index contributed by atoms with van der Waals surface area (Å²) in [5.74, 6) is 0.211. The Hall–Kier alpha value is -2.94. The number of benzene rings is 1. The minimum atomic E-state index is -0.134. The summed E-state index contributed by atoms with van der Waals surface area (Å²) >= 11 is 5.81. The van der Waals surface area contributed by atoms with E-state index in [1.165, 1.54) is 17.0 Å². The molecule has 2 fully saturated rings. The van der Waals surface area contributed by atoms with Crippen molar-refractivity contribution in [3.63, 3.8) is 0 Å². The zero-order valence-electron chi connectivity index (χ0n) is 20.4. The average molecular weight is 492 g/mol. The van der Waals surface area contributed by atoms with Gasteiger partial charge in [-0.05, 0) is 68.4 Å². The van der Waals surface area contributed by atoms with Gasteiger partial charge in [-0.1, -0.05) is 18.2 Å². The van der Waals surface area contributed by atoms with Crippen LogP contribution < -0.4 is 10.2 Å². The maximum Gasteiger partial charge on any atom is 0.174 e. The van der Waals surface area contributed by atoms with Crippen molar-refractivity contribution >= 4 is 23.0 Å². The van der Waals surface area contributed by atoms with Crippen LogP contribution in [-0.2, 0) is 11.3 Å². The van der Waals surface area contributed by atoms with Gasteiger partial charge < -0.3 is 24.6 Å². The number of nitrogens with zero attached hydrogens (tertiary/aromatic N) is 4. The zero-order chi connectivity index (χ0) is 24.4. The molecule has 2 aliphatic heterocycles. The van der Waals surface area contributed by atoms with Crippen molar-refractivity contribution in [3.05, 3.63) is 77.4 Å². The van der Waals surface area contributed by atoms with E-state index in [1.807, 2.05) is 47.5 Å². The third-order valence-electron chi connectivity index (χ3n) is 7.13. The lowest BCUT2D eigenvalue weighted by Crippen LogP contribution is -2.37. The molecule has 2 aromatic heterocycles. The molecule has 2 saturated heterocycles. The van der Waals surface area contributed by atoms with E-state index in [-0.39, 0.29) is 17.8 Å². The molecular weight excluding hydrogens is 458 g/mol. The molecule has 0 saturated carbocycles. The third-order valence-corrected chi connectivity index (χ3v) is 7.45. The molecule has 4 heterocycles. The summed E-state index contributed by atoms with van der Waals surface area (Å²) in [7, 11) is 0. The van der Waals surface area contributed by atoms with Crippen molar-refractivity contribution < 1.29 is 9.84 Å². The fourth-order valence-corrected chi connectivity index (χ4v) is 5.69. The lowest BCUT2D eigenvalue weighted by molar-refractivity contribution is 0.0369. The van der Waals surface area contributed by atoms with E-state index in [1.54, 1.807) is 6.07 Å². The van der Waals surface area contributed by atoms with Crippen LogP contribution in [0.15, 0.2) is 54.7 Å². The molecule has 0 radical (unpaired) electrons. The molecule has 0 unspecified atom stereocenters. The highest BCUT2D eigenvalue weighted by molar-refractivity contribution is 7.80. The number of pyridine rings is 1. The van der Waals surface area contributed by atoms with Crippen molar-refractivity contribution in [3.8, 4) is 5.75 Å². The molecular formula is C27H33N5O2S. The van der Waals surface area contributed by atoms with Crippen molar-refractivity contribution in [1.29, 1.82) is 0 Å². The standard InChI is InChI=1S/C27H33N5O2S/c1-19-18-21(20(2)31(19)13-7-12-30-14-16-34-17-15-30)26-25(22-8-5-6-11-28-22)29-27(35)32(26)23-9-3-4-10-24(23)33/h3-6,8-11,18,25-26,33H,7,12-17H2,1-2H3,(H,29,35)/t25-,26+/m0/s1. The lowest BCUT2D eigenvalue weighted by atomic mass is 9.96. The first-order valence-electron chi connectivity index (χ1n) is 12.3. The topological polar surface area (TPSA) is 65.8 Å². The Labute approximate surface area is 212 Å². The Morgan fingerprint density at radius 1 is 1.09 bits per heavy atom. The number of phenolic OH excluding ortho intramolecular Hbond substituents is 1. The van der Waals surface area contributed by atoms with Crippen LogP contribution in [-0.4, -0.2) is 57.5 Å². The number of morpholine rings is 1. The molecule has 8 heteroatoms. The summed E-state index contributed by atoms with van der Waals surface area (Å²) in [6.07, 6.45) is 2.90. The van der Waals surface area contributed by atoms with E-state index in [9.17, 15) is 5.11 Å². The molecule has 0 amide bonds. The van der Waals surface area contributed by atoms with Gasteiger partial charge in [0.15, 0.2) is 5.11 Å². The largest absolute Gasteiger partial charge is 0.506 e. The van der Waals surface area contributed by atoms with Crippen LogP contribution >= 0.6 is 12.2 Å². The second-order valence-electron chi connectivity index (χ2n) is 9.27. The fraction of sp³-hybridized carbons (Fsp3) is 0.407. The second-order valence-corrected chi connectivity index (χ2v) is 9.66. The molecule has 2 N–H and O–H groups in total. The van der Waals surface area contributed by atoms with Gasteiger partial charge in [0.25, 0.3) is 0 Å². The smallest absolute Gasteiger partial charge is 0.174 e. The van der Waals surface area contributed by atoms with Crippen LogP contribution in [0.5, 0.6) is 5.75 Å². The Kier molecular flexibility index (Phi) is 7.04. The van der Waals surface area contributed by atoms with Gasteiger partial charge in [0.05, 0.1) is 36.7 Å². The molecule has 2 atom stereocenters. The summed E-state index contributed by atoms with van der Waals surface area (Å²) in [6.45, 7) is 10.1. The number of para-hydroxylation sites is 2. The Balaban J connectivity index is 1.48. The van der Waals surface area contributed by atoms with Crippen molar-refractivity contribution in [2.24, 2.45) is 0 Å². The number of thiocarbonyl (C=S) groups is 1. The van der Waals surface area contributed by atoms with Gasteiger partial charge in [-0.15, -0.1) is 0 Å². The Bertz CT molecular complexity index is 1180. The van der Waals surface area contributed by atoms with Crippen LogP contribution in [0.1, 0.15) is 41.1 Å². The van der Waals surface area contributed by atoms with Gasteiger partial charge in [-0.3, -0.25) is 9.88 Å². The highest BCUT2D eigenvalue weighted by Gasteiger charge is 2.42. The number of anilines is 1. The van der Waals surface area contributed by atoms with Gasteiger partial charge in [0.1, 0.15) is 5.75 Å². The maximum atomic E-state index is 10.7. The third kappa shape index (κ3) is 4.78. The summed E-state index contributed by atoms with van der Waals surface area (Å²) in [4.78, 5) is 9.17. The van der Waals surface area contributed by atoms with Gasteiger partial charge in [-0.2, -0.15) is 0 Å². The summed E-state index contributed by atoms with van der Waals surface area (Å²) in [6, 6.07) is 15.3. The number of nitrogens with one attached hydrogen (secondary N) is 1. The van der Waals surface area contributed by atoms with Crippen LogP contribution in [0, 0.1) is 13.8 Å². The SMILES string of the molecule is Cc1cc([C@@H]2[C@H](c3ccccn3)NC(=S)N2c2ccccc2O)c(C)n1CCCN1CCOCC1. The highest BCUT2D eigenvalue weighted by atomic mass is 32.1. The number of aryl methyl sites for hydroxylation is 1.